The summed E-state index contributed by atoms with van der Waals surface area (Å²) in [4.78, 5) is 40.0. The van der Waals surface area contributed by atoms with Crippen LogP contribution in [0.15, 0.2) is 9.27 Å². The Hall–Kier alpha value is -2.16. The van der Waals surface area contributed by atoms with Gasteiger partial charge in [0.05, 0.1) is 5.69 Å². The molecule has 8 nitrogen and oxygen atoms in total. The van der Waals surface area contributed by atoms with Crippen LogP contribution in [0.1, 0.15) is 52.8 Å². The standard InChI is InChI=1S/C16H20BrN3O5/c1-15(2,3)7-8(17)10(16(4,5)6)18-11-9(7)19(13(22)23)12(21)20(11)14(24)25/h1-6H3,(H,22,23)(H,24,25). The summed E-state index contributed by atoms with van der Waals surface area (Å²) < 4.78 is 1.38. The largest absolute Gasteiger partial charge is 0.464 e. The molecule has 0 spiro atoms. The van der Waals surface area contributed by atoms with Crippen molar-refractivity contribution in [1.82, 2.24) is 14.1 Å². The van der Waals surface area contributed by atoms with Crippen molar-refractivity contribution in [1.29, 1.82) is 0 Å². The number of imidazole rings is 1. The molecule has 0 atom stereocenters. The van der Waals surface area contributed by atoms with Crippen LogP contribution in [0, 0.1) is 0 Å². The molecule has 0 fully saturated rings. The van der Waals surface area contributed by atoms with Gasteiger partial charge in [-0.3, -0.25) is 0 Å². The lowest BCUT2D eigenvalue weighted by atomic mass is 9.83. The van der Waals surface area contributed by atoms with Crippen molar-refractivity contribution < 1.29 is 19.8 Å². The van der Waals surface area contributed by atoms with E-state index >= 15 is 0 Å². The maximum absolute atomic E-state index is 12.4. The molecule has 2 aromatic heterocycles. The Bertz CT molecular complexity index is 958. The third-order valence-electron chi connectivity index (χ3n) is 3.75. The number of fused-ring (bicyclic) bond motifs is 1. The summed E-state index contributed by atoms with van der Waals surface area (Å²) >= 11 is 3.50. The number of hydrogen-bond acceptors (Lipinski definition) is 4. The number of rotatable bonds is 0. The first-order valence-corrected chi connectivity index (χ1v) is 8.33. The van der Waals surface area contributed by atoms with E-state index in [1.807, 2.05) is 41.5 Å². The Kier molecular flexibility index (Phi) is 4.36. The molecule has 9 heteroatoms. The SMILES string of the molecule is CC(C)(C)c1nc2c(c(C(C)(C)C)c1Br)n(C(=O)O)c(=O)n2C(=O)O. The molecule has 136 valence electrons. The number of halogens is 1. The van der Waals surface area contributed by atoms with Crippen LogP contribution >= 0.6 is 15.9 Å². The molecule has 0 bridgehead atoms. The first kappa shape index (κ1) is 19.2. The predicted octanol–water partition coefficient (Wildman–Crippen LogP) is 3.61. The Labute approximate surface area is 152 Å². The van der Waals surface area contributed by atoms with E-state index in [0.717, 1.165) is 0 Å². The third kappa shape index (κ3) is 2.97. The second-order valence-corrected chi connectivity index (χ2v) is 8.63. The zero-order chi connectivity index (χ0) is 19.5. The van der Waals surface area contributed by atoms with Crippen molar-refractivity contribution in [3.8, 4) is 0 Å². The Balaban J connectivity index is 3.29. The van der Waals surface area contributed by atoms with Gasteiger partial charge in [-0.15, -0.1) is 0 Å². The highest BCUT2D eigenvalue weighted by Gasteiger charge is 2.34. The van der Waals surface area contributed by atoms with Gasteiger partial charge in [0.15, 0.2) is 5.65 Å². The van der Waals surface area contributed by atoms with Crippen molar-refractivity contribution in [2.24, 2.45) is 0 Å². The lowest BCUT2D eigenvalue weighted by Crippen LogP contribution is -2.31. The van der Waals surface area contributed by atoms with Crippen LogP contribution in [0.3, 0.4) is 0 Å². The maximum atomic E-state index is 12.4. The van der Waals surface area contributed by atoms with Gasteiger partial charge in [-0.25, -0.2) is 19.4 Å². The number of hydrogen-bond donors (Lipinski definition) is 2. The van der Waals surface area contributed by atoms with Crippen molar-refractivity contribution in [2.75, 3.05) is 0 Å². The van der Waals surface area contributed by atoms with Crippen LogP contribution in [-0.2, 0) is 10.8 Å². The van der Waals surface area contributed by atoms with E-state index < -0.39 is 28.7 Å². The molecule has 0 aliphatic heterocycles. The number of pyridine rings is 1. The molecule has 0 unspecified atom stereocenters. The van der Waals surface area contributed by atoms with Gasteiger partial charge in [0.2, 0.25) is 0 Å². The minimum Gasteiger partial charge on any atom is -0.464 e. The summed E-state index contributed by atoms with van der Waals surface area (Å²) in [6, 6.07) is 0. The second-order valence-electron chi connectivity index (χ2n) is 7.84. The fraction of sp³-hybridized carbons (Fsp3) is 0.500. The van der Waals surface area contributed by atoms with Gasteiger partial charge in [0.1, 0.15) is 5.52 Å². The number of nitrogens with zero attached hydrogens (tertiary/aromatic N) is 3. The minimum absolute atomic E-state index is 0.0210. The lowest BCUT2D eigenvalue weighted by molar-refractivity contribution is 0.193. The monoisotopic (exact) mass is 413 g/mol. The summed E-state index contributed by atoms with van der Waals surface area (Å²) in [6.07, 6.45) is -3.14. The smallest absolute Gasteiger partial charge is 0.421 e. The zero-order valence-electron chi connectivity index (χ0n) is 14.8. The van der Waals surface area contributed by atoms with Gasteiger partial charge in [0.25, 0.3) is 0 Å². The third-order valence-corrected chi connectivity index (χ3v) is 4.53. The first-order valence-electron chi connectivity index (χ1n) is 7.54. The van der Waals surface area contributed by atoms with Gasteiger partial charge in [-0.2, -0.15) is 9.13 Å². The average Bonchev–Trinajstić information content (AvgIpc) is 2.66. The molecule has 0 radical (unpaired) electrons. The molecular weight excluding hydrogens is 394 g/mol. The van der Waals surface area contributed by atoms with Crippen LogP contribution in [0.5, 0.6) is 0 Å². The summed E-state index contributed by atoms with van der Waals surface area (Å²) in [5.41, 5.74) is -1.35. The van der Waals surface area contributed by atoms with E-state index in [1.165, 1.54) is 0 Å². The van der Waals surface area contributed by atoms with E-state index in [4.69, 9.17) is 0 Å². The predicted molar refractivity (Wildman–Crippen MR) is 95.9 cm³/mol. The molecule has 0 aliphatic carbocycles. The normalized spacial score (nSPS) is 12.6. The maximum Gasteiger partial charge on any atom is 0.421 e. The van der Waals surface area contributed by atoms with Crippen LogP contribution in [-0.4, -0.2) is 36.5 Å². The molecule has 25 heavy (non-hydrogen) atoms. The van der Waals surface area contributed by atoms with E-state index in [9.17, 15) is 24.6 Å². The molecule has 0 saturated carbocycles. The van der Waals surface area contributed by atoms with Crippen LogP contribution in [0.4, 0.5) is 9.59 Å². The van der Waals surface area contributed by atoms with E-state index in [2.05, 4.69) is 20.9 Å². The van der Waals surface area contributed by atoms with Crippen LogP contribution in [0.2, 0.25) is 0 Å². The molecular formula is C16H20BrN3O5. The quantitative estimate of drug-likeness (QED) is 0.681. The van der Waals surface area contributed by atoms with Gasteiger partial charge >= 0.3 is 17.9 Å². The van der Waals surface area contributed by atoms with Gasteiger partial charge in [-0.1, -0.05) is 41.5 Å². The molecule has 2 rings (SSSR count). The van der Waals surface area contributed by atoms with E-state index in [0.29, 0.717) is 24.9 Å². The number of aromatic nitrogens is 3. The van der Waals surface area contributed by atoms with Gasteiger partial charge in [0, 0.05) is 15.5 Å². The fourth-order valence-corrected chi connectivity index (χ4v) is 4.19. The van der Waals surface area contributed by atoms with Gasteiger partial charge in [-0.05, 0) is 21.3 Å². The fourth-order valence-electron chi connectivity index (χ4n) is 2.73. The molecule has 2 aromatic rings. The lowest BCUT2D eigenvalue weighted by Gasteiger charge is -2.27. The Morgan fingerprint density at radius 2 is 1.44 bits per heavy atom. The average molecular weight is 414 g/mol. The summed E-state index contributed by atoms with van der Waals surface area (Å²) in [5, 5.41) is 18.9. The highest BCUT2D eigenvalue weighted by atomic mass is 79.9. The molecule has 2 N–H and O–H groups in total. The van der Waals surface area contributed by atoms with Crippen molar-refractivity contribution in [3.05, 3.63) is 26.2 Å². The molecule has 0 aromatic carbocycles. The highest BCUT2D eigenvalue weighted by Crippen LogP contribution is 2.40. The van der Waals surface area contributed by atoms with Crippen LogP contribution < -0.4 is 5.69 Å². The molecule has 0 saturated heterocycles. The van der Waals surface area contributed by atoms with Crippen LogP contribution in [0.25, 0.3) is 11.2 Å². The zero-order valence-corrected chi connectivity index (χ0v) is 16.4. The molecule has 0 amide bonds. The minimum atomic E-state index is -1.58. The van der Waals surface area contributed by atoms with Gasteiger partial charge < -0.3 is 10.2 Å². The van der Waals surface area contributed by atoms with E-state index in [1.54, 1.807) is 0 Å². The first-order chi connectivity index (χ1) is 11.2. The van der Waals surface area contributed by atoms with Crippen molar-refractivity contribution >= 4 is 39.3 Å². The molecule has 2 heterocycles. The topological polar surface area (TPSA) is 114 Å². The van der Waals surface area contributed by atoms with E-state index in [-0.39, 0.29) is 11.2 Å². The summed E-state index contributed by atoms with van der Waals surface area (Å²) in [5.74, 6) is 0. The second kappa shape index (κ2) is 5.69. The summed E-state index contributed by atoms with van der Waals surface area (Å²) in [7, 11) is 0. The Morgan fingerprint density at radius 1 is 0.960 bits per heavy atom. The highest BCUT2D eigenvalue weighted by molar-refractivity contribution is 9.10. The number of carboxylic acid groups (broad SMARTS) is 2. The summed E-state index contributed by atoms with van der Waals surface area (Å²) in [6.45, 7) is 11.3. The Morgan fingerprint density at radius 3 is 1.80 bits per heavy atom. The number of carbonyl (C=O) groups is 2. The van der Waals surface area contributed by atoms with Crippen molar-refractivity contribution in [2.45, 2.75) is 52.4 Å². The molecule has 0 aliphatic rings. The van der Waals surface area contributed by atoms with Crippen molar-refractivity contribution in [3.63, 3.8) is 0 Å².